The minimum absolute atomic E-state index is 0.306. The number of methoxy groups -OCH3 is 2. The van der Waals surface area contributed by atoms with Crippen LogP contribution in [-0.4, -0.2) is 59.7 Å². The molecule has 0 fully saturated rings. The highest BCUT2D eigenvalue weighted by atomic mass is 32.2. The van der Waals surface area contributed by atoms with Crippen LogP contribution in [0.2, 0.25) is 0 Å². The van der Waals surface area contributed by atoms with E-state index in [-0.39, 0.29) is 22.8 Å². The van der Waals surface area contributed by atoms with Crippen LogP contribution in [0.3, 0.4) is 0 Å². The van der Waals surface area contributed by atoms with Crippen molar-refractivity contribution in [3.05, 3.63) is 115 Å². The normalized spacial score (nSPS) is 18.8. The Balaban J connectivity index is 1.44. The Morgan fingerprint density at radius 2 is 1.60 bits per heavy atom. The Labute approximate surface area is 322 Å². The summed E-state index contributed by atoms with van der Waals surface area (Å²) in [7, 11) is 2.89. The van der Waals surface area contributed by atoms with Gasteiger partial charge in [0.25, 0.3) is 0 Å². The molecule has 1 aliphatic carbocycles. The highest BCUT2D eigenvalue weighted by Gasteiger charge is 2.47. The molecule has 0 radical (unpaired) electrons. The van der Waals surface area contributed by atoms with Crippen molar-refractivity contribution in [2.24, 2.45) is 0 Å². The van der Waals surface area contributed by atoms with Gasteiger partial charge in [-0.1, -0.05) is 64.1 Å². The third kappa shape index (κ3) is 7.08. The monoisotopic (exact) mass is 751 g/mol. The Hall–Kier alpha value is -4.28. The minimum atomic E-state index is -0.315. The van der Waals surface area contributed by atoms with Gasteiger partial charge in [-0.2, -0.15) is 4.58 Å². The Morgan fingerprint density at radius 1 is 0.906 bits per heavy atom. The lowest BCUT2D eigenvalue weighted by Gasteiger charge is -2.27. The van der Waals surface area contributed by atoms with E-state index in [0.717, 1.165) is 77.0 Å². The highest BCUT2D eigenvalue weighted by molar-refractivity contribution is 8.02. The van der Waals surface area contributed by atoms with E-state index >= 15 is 0 Å². The summed E-state index contributed by atoms with van der Waals surface area (Å²) in [5, 5.41) is 10.7. The van der Waals surface area contributed by atoms with Crippen LogP contribution in [0.5, 0.6) is 0 Å². The van der Waals surface area contributed by atoms with Crippen molar-refractivity contribution >= 4 is 52.1 Å². The zero-order chi connectivity index (χ0) is 38.1. The number of rotatable bonds is 12. The van der Waals surface area contributed by atoms with E-state index in [1.807, 2.05) is 43.0 Å². The van der Waals surface area contributed by atoms with Crippen molar-refractivity contribution in [2.45, 2.75) is 90.7 Å². The van der Waals surface area contributed by atoms with Crippen LogP contribution in [0.25, 0.3) is 0 Å². The highest BCUT2D eigenvalue weighted by Crippen LogP contribution is 2.50. The molecule has 0 saturated heterocycles. The molecular formula is C43H51N4O4S2+. The Morgan fingerprint density at radius 3 is 2.26 bits per heavy atom. The van der Waals surface area contributed by atoms with Crippen molar-refractivity contribution in [1.29, 1.82) is 0 Å². The first kappa shape index (κ1) is 38.4. The fraction of sp³-hybridized carbons (Fsp3) is 0.419. The van der Waals surface area contributed by atoms with E-state index in [1.54, 1.807) is 11.3 Å². The summed E-state index contributed by atoms with van der Waals surface area (Å²) in [6, 6.07) is 11.9. The summed E-state index contributed by atoms with van der Waals surface area (Å²) in [5.74, 6) is 0.111. The van der Waals surface area contributed by atoms with Crippen LogP contribution in [0.1, 0.15) is 109 Å². The van der Waals surface area contributed by atoms with Gasteiger partial charge >= 0.3 is 11.9 Å². The number of esters is 2. The number of ether oxygens (including phenoxy) is 2. The Kier molecular flexibility index (Phi) is 11.3. The number of carbonyl (C=O) groups excluding carboxylic acids is 2. The molecule has 3 heterocycles. The summed E-state index contributed by atoms with van der Waals surface area (Å²) >= 11 is 3.47. The molecule has 10 heteroatoms. The van der Waals surface area contributed by atoms with Crippen molar-refractivity contribution < 1.29 is 23.6 Å². The number of hydrogen-bond donors (Lipinski definition) is 0. The summed E-state index contributed by atoms with van der Waals surface area (Å²) in [5.41, 5.74) is 9.68. The van der Waals surface area contributed by atoms with Gasteiger partial charge in [0.1, 0.15) is 22.1 Å². The molecule has 53 heavy (non-hydrogen) atoms. The Bertz CT molecular complexity index is 2100. The fourth-order valence-corrected chi connectivity index (χ4v) is 9.97. The number of fused-ring (bicyclic) bond motifs is 2. The number of hydrogen-bond acceptors (Lipinski definition) is 9. The lowest BCUT2D eigenvalue weighted by atomic mass is 9.80. The van der Waals surface area contributed by atoms with Gasteiger partial charge in [-0.15, -0.1) is 33.3 Å². The van der Waals surface area contributed by atoms with E-state index in [4.69, 9.17) is 9.47 Å². The molecule has 0 atom stereocenters. The van der Waals surface area contributed by atoms with Crippen LogP contribution < -0.4 is 4.90 Å². The number of aryl methyl sites for hydroxylation is 1. The number of anilines is 1. The maximum atomic E-state index is 12.9. The molecule has 0 amide bonds. The zero-order valence-corrected chi connectivity index (χ0v) is 34.1. The van der Waals surface area contributed by atoms with Crippen molar-refractivity contribution in [1.82, 2.24) is 10.2 Å². The molecule has 6 rings (SSSR count). The second-order valence-corrected chi connectivity index (χ2v) is 17.0. The largest absolute Gasteiger partial charge is 0.465 e. The molecule has 0 saturated carbocycles. The summed E-state index contributed by atoms with van der Waals surface area (Å²) in [4.78, 5) is 29.4. The van der Waals surface area contributed by atoms with E-state index < -0.39 is 0 Å². The van der Waals surface area contributed by atoms with Crippen molar-refractivity contribution in [2.75, 3.05) is 32.2 Å². The number of thioether (sulfide) groups is 1. The topological polar surface area (TPSA) is 84.6 Å². The standard InChI is InChI=1S/C43H51N4O4S2/c1-10-24-46-34(42(4,5)32-16-12-14-30(37(32)46)40(48)50-8)22-20-28-18-19-29(39(28)52-26-36-45-44-27(3)53-36)21-23-35-43(6,7)33-17-13-15-31(41(49)51-9)38(33)47(35)25-11-2/h12-17,20-23H,10-11,18-19,24-26H2,1-9H3/q+1. The number of benzene rings is 2. The lowest BCUT2D eigenvalue weighted by Crippen LogP contribution is -2.27. The molecular weight excluding hydrogens is 701 g/mol. The quantitative estimate of drug-likeness (QED) is 0.134. The number of aromatic nitrogens is 2. The van der Waals surface area contributed by atoms with Gasteiger partial charge in [-0.3, -0.25) is 0 Å². The van der Waals surface area contributed by atoms with Gasteiger partial charge in [0.2, 0.25) is 5.69 Å². The van der Waals surface area contributed by atoms with Crippen molar-refractivity contribution in [3.63, 3.8) is 0 Å². The second kappa shape index (κ2) is 15.6. The van der Waals surface area contributed by atoms with E-state index in [2.05, 4.69) is 97.7 Å². The van der Waals surface area contributed by atoms with Crippen LogP contribution in [0, 0.1) is 6.92 Å². The van der Waals surface area contributed by atoms with E-state index in [9.17, 15) is 9.59 Å². The summed E-state index contributed by atoms with van der Waals surface area (Å²) in [6.07, 6.45) is 12.9. The maximum Gasteiger partial charge on any atom is 0.344 e. The number of nitrogens with zero attached hydrogens (tertiary/aromatic N) is 4. The summed E-state index contributed by atoms with van der Waals surface area (Å²) < 4.78 is 12.7. The average Bonchev–Trinajstić information content (AvgIpc) is 3.85. The second-order valence-electron chi connectivity index (χ2n) is 14.8. The molecule has 0 N–H and O–H groups in total. The first-order chi connectivity index (χ1) is 25.4. The average molecular weight is 752 g/mol. The molecule has 1 aromatic heterocycles. The molecule has 8 nitrogen and oxygen atoms in total. The summed E-state index contributed by atoms with van der Waals surface area (Å²) in [6.45, 7) is 16.9. The molecule has 278 valence electrons. The lowest BCUT2D eigenvalue weighted by molar-refractivity contribution is -0.437. The van der Waals surface area contributed by atoms with Crippen LogP contribution in [0.4, 0.5) is 11.4 Å². The number of carbonyl (C=O) groups is 2. The third-order valence-corrected chi connectivity index (χ3v) is 12.8. The zero-order valence-electron chi connectivity index (χ0n) is 32.5. The van der Waals surface area contributed by atoms with Gasteiger partial charge in [0.15, 0.2) is 5.71 Å². The molecule has 0 unspecified atom stereocenters. The van der Waals surface area contributed by atoms with Crippen LogP contribution in [-0.2, 0) is 26.1 Å². The number of allylic oxidation sites excluding steroid dienone is 7. The fourth-order valence-electron chi connectivity index (χ4n) is 8.02. The first-order valence-electron chi connectivity index (χ1n) is 18.5. The molecule has 0 bridgehead atoms. The maximum absolute atomic E-state index is 12.9. The molecule has 3 aliphatic rings. The van der Waals surface area contributed by atoms with Crippen LogP contribution >= 0.6 is 23.1 Å². The molecule has 0 spiro atoms. The molecule has 2 aliphatic heterocycles. The first-order valence-corrected chi connectivity index (χ1v) is 20.3. The SMILES string of the molecule is CCCN1/C(=C/C=C2\CCC(/C=C/C3=[N+](CCC)c4c(C(=O)OC)cccc4C3(C)C)=C2SCc2nnc(C)s2)C(C)(C)c2cccc(C(=O)OC)c21. The smallest absolute Gasteiger partial charge is 0.344 e. The predicted molar refractivity (Wildman–Crippen MR) is 217 cm³/mol. The number of para-hydroxylation sites is 2. The van der Waals surface area contributed by atoms with Gasteiger partial charge < -0.3 is 14.4 Å². The van der Waals surface area contributed by atoms with E-state index in [1.165, 1.54) is 41.7 Å². The minimum Gasteiger partial charge on any atom is -0.465 e. The molecule has 3 aromatic rings. The third-order valence-electron chi connectivity index (χ3n) is 10.6. The molecule has 2 aromatic carbocycles. The van der Waals surface area contributed by atoms with Gasteiger partial charge in [0, 0.05) is 40.6 Å². The van der Waals surface area contributed by atoms with Gasteiger partial charge in [-0.05, 0) is 75.0 Å². The van der Waals surface area contributed by atoms with Gasteiger partial charge in [-0.25, -0.2) is 9.59 Å². The van der Waals surface area contributed by atoms with E-state index in [0.29, 0.717) is 11.1 Å². The van der Waals surface area contributed by atoms with Crippen LogP contribution in [0.15, 0.2) is 82.5 Å². The van der Waals surface area contributed by atoms with Gasteiger partial charge in [0.05, 0.1) is 36.6 Å². The van der Waals surface area contributed by atoms with Crippen molar-refractivity contribution in [3.8, 4) is 0 Å². The predicted octanol–water partition coefficient (Wildman–Crippen LogP) is 9.76.